The molecule has 0 atom stereocenters. The summed E-state index contributed by atoms with van der Waals surface area (Å²) in [6.45, 7) is 16.5. The molecule has 0 unspecified atom stereocenters. The molecule has 4 nitrogen and oxygen atoms in total. The van der Waals surface area contributed by atoms with Crippen molar-refractivity contribution in [1.29, 1.82) is 0 Å². The van der Waals surface area contributed by atoms with E-state index in [1.54, 1.807) is 0 Å². The van der Waals surface area contributed by atoms with Gasteiger partial charge in [0.2, 0.25) is 0 Å². The lowest BCUT2D eigenvalue weighted by atomic mass is 10.5. The molecule has 0 radical (unpaired) electrons. The standard InChI is InChI=1S/C15H36O4Si2/c1-10(2)16-14(17-11(3)4)20-9-21-15(18-12(5)6)19-13(7)8/h10-15H,9,20-21H2,1-8H3. The highest BCUT2D eigenvalue weighted by molar-refractivity contribution is 6.56. The summed E-state index contributed by atoms with van der Waals surface area (Å²) in [7, 11) is -0.827. The summed E-state index contributed by atoms with van der Waals surface area (Å²) >= 11 is 0. The number of ether oxygens (including phenoxy) is 4. The fourth-order valence-electron chi connectivity index (χ4n) is 2.00. The first-order valence-electron chi connectivity index (χ1n) is 8.32. The average molecular weight is 337 g/mol. The molecule has 0 N–H and O–H groups in total. The highest BCUT2D eigenvalue weighted by atomic mass is 28.3. The minimum atomic E-state index is -0.414. The van der Waals surface area contributed by atoms with Gasteiger partial charge in [0.25, 0.3) is 0 Å². The number of rotatable bonds is 12. The lowest BCUT2D eigenvalue weighted by molar-refractivity contribution is -0.135. The van der Waals surface area contributed by atoms with Crippen LogP contribution in [0.4, 0.5) is 0 Å². The minimum absolute atomic E-state index is 0.0243. The summed E-state index contributed by atoms with van der Waals surface area (Å²) in [6, 6.07) is 0. The minimum Gasteiger partial charge on any atom is -0.354 e. The highest BCUT2D eigenvalue weighted by Gasteiger charge is 2.18. The zero-order valence-corrected chi connectivity index (χ0v) is 18.0. The molecule has 6 heteroatoms. The largest absolute Gasteiger partial charge is 0.354 e. The summed E-state index contributed by atoms with van der Waals surface area (Å²) < 4.78 is 23.5. The maximum Gasteiger partial charge on any atom is 0.135 e. The van der Waals surface area contributed by atoms with Gasteiger partial charge >= 0.3 is 0 Å². The van der Waals surface area contributed by atoms with Crippen molar-refractivity contribution < 1.29 is 18.9 Å². The fourth-order valence-corrected chi connectivity index (χ4v) is 7.70. The molecule has 128 valence electrons. The van der Waals surface area contributed by atoms with Gasteiger partial charge in [0.05, 0.1) is 43.5 Å². The van der Waals surface area contributed by atoms with Crippen LogP contribution >= 0.6 is 0 Å². The van der Waals surface area contributed by atoms with Crippen molar-refractivity contribution in [3.05, 3.63) is 0 Å². The van der Waals surface area contributed by atoms with E-state index in [1.165, 1.54) is 5.67 Å². The van der Waals surface area contributed by atoms with E-state index >= 15 is 0 Å². The quantitative estimate of drug-likeness (QED) is 0.403. The monoisotopic (exact) mass is 336 g/mol. The predicted molar refractivity (Wildman–Crippen MR) is 94.4 cm³/mol. The molecule has 0 aromatic heterocycles. The molecule has 21 heavy (non-hydrogen) atoms. The molecule has 0 heterocycles. The molecule has 0 aliphatic carbocycles. The van der Waals surface area contributed by atoms with Gasteiger partial charge in [-0.05, 0) is 55.4 Å². The molecule has 0 aliphatic rings. The maximum absolute atomic E-state index is 5.89. The molecule has 0 spiro atoms. The van der Waals surface area contributed by atoms with Gasteiger partial charge in [0.15, 0.2) is 0 Å². The Labute approximate surface area is 135 Å². The van der Waals surface area contributed by atoms with E-state index in [1.807, 2.05) is 0 Å². The summed E-state index contributed by atoms with van der Waals surface area (Å²) in [6.07, 6.45) is 0.880. The zero-order chi connectivity index (χ0) is 16.4. The van der Waals surface area contributed by atoms with Crippen LogP contribution in [0.1, 0.15) is 55.4 Å². The Balaban J connectivity index is 4.21. The predicted octanol–water partition coefficient (Wildman–Crippen LogP) is 1.97. The molecule has 0 rings (SSSR count). The van der Waals surface area contributed by atoms with Crippen LogP contribution in [0.2, 0.25) is 5.67 Å². The second-order valence-corrected chi connectivity index (χ2v) is 11.8. The van der Waals surface area contributed by atoms with Crippen molar-refractivity contribution in [1.82, 2.24) is 0 Å². The van der Waals surface area contributed by atoms with E-state index in [-0.39, 0.29) is 36.2 Å². The van der Waals surface area contributed by atoms with E-state index in [0.29, 0.717) is 0 Å². The van der Waals surface area contributed by atoms with Crippen LogP contribution in [0.15, 0.2) is 0 Å². The van der Waals surface area contributed by atoms with Crippen LogP contribution in [0.5, 0.6) is 0 Å². The van der Waals surface area contributed by atoms with E-state index in [9.17, 15) is 0 Å². The van der Waals surface area contributed by atoms with Crippen LogP contribution in [-0.2, 0) is 18.9 Å². The Hall–Kier alpha value is 0.274. The first kappa shape index (κ1) is 21.3. The SMILES string of the molecule is CC(C)OC(OC(C)C)[SiH2]C[SiH2]C(OC(C)C)OC(C)C. The Bertz CT molecular complexity index is 204. The van der Waals surface area contributed by atoms with Crippen molar-refractivity contribution in [3.63, 3.8) is 0 Å². The lowest BCUT2D eigenvalue weighted by Gasteiger charge is -2.25. The van der Waals surface area contributed by atoms with Gasteiger partial charge in [-0.3, -0.25) is 0 Å². The maximum atomic E-state index is 5.89. The fraction of sp³-hybridized carbons (Fsp3) is 1.00. The van der Waals surface area contributed by atoms with Gasteiger partial charge in [0.1, 0.15) is 11.8 Å². The van der Waals surface area contributed by atoms with E-state index in [4.69, 9.17) is 18.9 Å². The summed E-state index contributed by atoms with van der Waals surface area (Å²) in [5.41, 5.74) is 1.23. The normalized spacial score (nSPS) is 14.0. The van der Waals surface area contributed by atoms with E-state index in [0.717, 1.165) is 0 Å². The Kier molecular flexibility index (Phi) is 11.9. The third kappa shape index (κ3) is 13.6. The van der Waals surface area contributed by atoms with Crippen molar-refractivity contribution in [2.45, 2.75) is 97.3 Å². The molecule has 0 fully saturated rings. The smallest absolute Gasteiger partial charge is 0.135 e. The second-order valence-electron chi connectivity index (χ2n) is 6.53. The average Bonchev–Trinajstić information content (AvgIpc) is 2.24. The lowest BCUT2D eigenvalue weighted by Crippen LogP contribution is -2.35. The Morgan fingerprint density at radius 2 is 0.762 bits per heavy atom. The van der Waals surface area contributed by atoms with E-state index < -0.39 is 19.0 Å². The second kappa shape index (κ2) is 11.8. The third-order valence-electron chi connectivity index (χ3n) is 2.58. The molecule has 0 saturated carbocycles. The molecular weight excluding hydrogens is 300 g/mol. The van der Waals surface area contributed by atoms with E-state index in [2.05, 4.69) is 55.4 Å². The third-order valence-corrected chi connectivity index (χ3v) is 7.55. The molecule has 0 bridgehead atoms. The number of hydrogen-bond acceptors (Lipinski definition) is 4. The van der Waals surface area contributed by atoms with Gasteiger partial charge in [-0.1, -0.05) is 5.67 Å². The molecule has 0 amide bonds. The van der Waals surface area contributed by atoms with Gasteiger partial charge in [-0.15, -0.1) is 0 Å². The van der Waals surface area contributed by atoms with Crippen molar-refractivity contribution >= 4 is 19.0 Å². The molecule has 0 aliphatic heterocycles. The first-order chi connectivity index (χ1) is 9.70. The molecule has 0 aromatic rings. The van der Waals surface area contributed by atoms with Crippen molar-refractivity contribution in [2.24, 2.45) is 0 Å². The summed E-state index contributed by atoms with van der Waals surface area (Å²) in [5, 5.41) is 0. The summed E-state index contributed by atoms with van der Waals surface area (Å²) in [4.78, 5) is 0. The summed E-state index contributed by atoms with van der Waals surface area (Å²) in [5.74, 6) is 0.0486. The van der Waals surface area contributed by atoms with Crippen molar-refractivity contribution in [2.75, 3.05) is 0 Å². The number of hydrogen-bond donors (Lipinski definition) is 0. The van der Waals surface area contributed by atoms with Crippen LogP contribution in [-0.4, -0.2) is 55.3 Å². The van der Waals surface area contributed by atoms with Crippen LogP contribution in [0.25, 0.3) is 0 Å². The first-order valence-corrected chi connectivity index (χ1v) is 12.0. The topological polar surface area (TPSA) is 36.9 Å². The van der Waals surface area contributed by atoms with Crippen LogP contribution < -0.4 is 0 Å². The van der Waals surface area contributed by atoms with Crippen LogP contribution in [0, 0.1) is 0 Å². The van der Waals surface area contributed by atoms with Gasteiger partial charge < -0.3 is 18.9 Å². The molecular formula is C15H36O4Si2. The Morgan fingerprint density at radius 1 is 0.524 bits per heavy atom. The van der Waals surface area contributed by atoms with Crippen LogP contribution in [0.3, 0.4) is 0 Å². The molecule has 0 saturated heterocycles. The van der Waals surface area contributed by atoms with Crippen molar-refractivity contribution in [3.8, 4) is 0 Å². The Morgan fingerprint density at radius 3 is 0.952 bits per heavy atom. The van der Waals surface area contributed by atoms with Gasteiger partial charge in [-0.2, -0.15) is 0 Å². The highest BCUT2D eigenvalue weighted by Crippen LogP contribution is 2.07. The van der Waals surface area contributed by atoms with Gasteiger partial charge in [-0.25, -0.2) is 0 Å². The van der Waals surface area contributed by atoms with Gasteiger partial charge in [0, 0.05) is 0 Å². The zero-order valence-electron chi connectivity index (χ0n) is 15.2. The molecule has 0 aromatic carbocycles.